The topological polar surface area (TPSA) is 49.5 Å². The monoisotopic (exact) mass is 212 g/mol. The summed E-state index contributed by atoms with van der Waals surface area (Å²) in [6, 6.07) is 4.49. The predicted octanol–water partition coefficient (Wildman–Crippen LogP) is 1.27. The van der Waals surface area contributed by atoms with Crippen molar-refractivity contribution in [3.8, 4) is 0 Å². The molecule has 0 bridgehead atoms. The van der Waals surface area contributed by atoms with Crippen LogP contribution in [-0.2, 0) is 0 Å². The van der Waals surface area contributed by atoms with Crippen LogP contribution in [-0.4, -0.2) is 25.3 Å². The number of anilines is 1. The van der Waals surface area contributed by atoms with E-state index in [-0.39, 0.29) is 18.5 Å². The van der Waals surface area contributed by atoms with Gasteiger partial charge in [-0.25, -0.2) is 4.39 Å². The fourth-order valence-corrected chi connectivity index (χ4v) is 1.58. The molecule has 1 aromatic rings. The van der Waals surface area contributed by atoms with Crippen molar-refractivity contribution in [2.75, 3.05) is 25.1 Å². The Balaban J connectivity index is 3.10. The molecule has 1 aromatic carbocycles. The number of hydrogen-bond donors (Lipinski definition) is 2. The van der Waals surface area contributed by atoms with Crippen molar-refractivity contribution in [2.45, 2.75) is 13.0 Å². The first kappa shape index (κ1) is 11.9. The normalized spacial score (nSPS) is 12.6. The molecule has 3 N–H and O–H groups in total. The average molecular weight is 212 g/mol. The number of nitrogens with zero attached hydrogens (tertiary/aromatic N) is 1. The van der Waals surface area contributed by atoms with Gasteiger partial charge in [0.2, 0.25) is 0 Å². The van der Waals surface area contributed by atoms with Gasteiger partial charge in [0, 0.05) is 30.9 Å². The Bertz CT molecular complexity index is 328. The third-order valence-corrected chi connectivity index (χ3v) is 2.33. The van der Waals surface area contributed by atoms with Crippen LogP contribution >= 0.6 is 0 Å². The Morgan fingerprint density at radius 1 is 1.53 bits per heavy atom. The Morgan fingerprint density at radius 3 is 2.73 bits per heavy atom. The minimum Gasteiger partial charge on any atom is -0.395 e. The summed E-state index contributed by atoms with van der Waals surface area (Å²) in [6.07, 6.45) is 0. The number of halogens is 1. The van der Waals surface area contributed by atoms with Crippen molar-refractivity contribution in [3.05, 3.63) is 29.6 Å². The smallest absolute Gasteiger partial charge is 0.130 e. The van der Waals surface area contributed by atoms with E-state index in [0.717, 1.165) is 5.69 Å². The van der Waals surface area contributed by atoms with Crippen LogP contribution in [0.1, 0.15) is 18.5 Å². The zero-order valence-electron chi connectivity index (χ0n) is 9.07. The van der Waals surface area contributed by atoms with E-state index in [1.54, 1.807) is 31.0 Å². The van der Waals surface area contributed by atoms with Crippen LogP contribution in [0, 0.1) is 5.82 Å². The van der Waals surface area contributed by atoms with Gasteiger partial charge in [-0.3, -0.25) is 0 Å². The maximum Gasteiger partial charge on any atom is 0.130 e. The molecule has 0 aliphatic heterocycles. The standard InChI is InChI=1S/C11H17FN2O/c1-8(13)11-9(12)4-3-5-10(11)14(2)6-7-15/h3-5,8,15H,6-7,13H2,1-2H3. The van der Waals surface area contributed by atoms with E-state index < -0.39 is 0 Å². The van der Waals surface area contributed by atoms with Crippen LogP contribution in [0.25, 0.3) is 0 Å². The molecule has 0 saturated carbocycles. The Labute approximate surface area is 89.3 Å². The maximum atomic E-state index is 13.5. The maximum absolute atomic E-state index is 13.5. The van der Waals surface area contributed by atoms with E-state index >= 15 is 0 Å². The fourth-order valence-electron chi connectivity index (χ4n) is 1.58. The SMILES string of the molecule is CC(N)c1c(F)cccc1N(C)CCO. The van der Waals surface area contributed by atoms with Gasteiger partial charge < -0.3 is 15.7 Å². The molecule has 0 heterocycles. The summed E-state index contributed by atoms with van der Waals surface area (Å²) in [6.45, 7) is 2.24. The second kappa shape index (κ2) is 5.09. The van der Waals surface area contributed by atoms with Gasteiger partial charge in [0.25, 0.3) is 0 Å². The van der Waals surface area contributed by atoms with Gasteiger partial charge in [-0.15, -0.1) is 0 Å². The summed E-state index contributed by atoms with van der Waals surface area (Å²) in [7, 11) is 1.80. The van der Waals surface area contributed by atoms with Crippen molar-refractivity contribution < 1.29 is 9.50 Å². The fraction of sp³-hybridized carbons (Fsp3) is 0.455. The molecule has 0 aliphatic carbocycles. The summed E-state index contributed by atoms with van der Waals surface area (Å²) in [4.78, 5) is 1.79. The minimum atomic E-state index is -0.359. The average Bonchev–Trinajstić information content (AvgIpc) is 2.17. The first-order valence-electron chi connectivity index (χ1n) is 4.94. The largest absolute Gasteiger partial charge is 0.395 e. The molecule has 0 radical (unpaired) electrons. The lowest BCUT2D eigenvalue weighted by atomic mass is 10.1. The van der Waals surface area contributed by atoms with Gasteiger partial charge >= 0.3 is 0 Å². The lowest BCUT2D eigenvalue weighted by molar-refractivity contribution is 0.304. The van der Waals surface area contributed by atoms with Crippen LogP contribution in [0.2, 0.25) is 0 Å². The highest BCUT2D eigenvalue weighted by atomic mass is 19.1. The van der Waals surface area contributed by atoms with Crippen LogP contribution < -0.4 is 10.6 Å². The molecule has 1 atom stereocenters. The number of aliphatic hydroxyl groups is 1. The number of benzene rings is 1. The molecular formula is C11H17FN2O. The Kier molecular flexibility index (Phi) is 4.05. The number of rotatable bonds is 4. The zero-order valence-corrected chi connectivity index (χ0v) is 9.07. The molecule has 1 unspecified atom stereocenters. The Hall–Kier alpha value is -1.13. The third-order valence-electron chi connectivity index (χ3n) is 2.33. The van der Waals surface area contributed by atoms with Crippen molar-refractivity contribution in [1.82, 2.24) is 0 Å². The number of aliphatic hydroxyl groups excluding tert-OH is 1. The minimum absolute atomic E-state index is 0.0331. The summed E-state index contributed by atoms with van der Waals surface area (Å²) >= 11 is 0. The Morgan fingerprint density at radius 2 is 2.20 bits per heavy atom. The molecule has 4 heteroatoms. The van der Waals surface area contributed by atoms with Crippen LogP contribution in [0.15, 0.2) is 18.2 Å². The second-order valence-electron chi connectivity index (χ2n) is 3.61. The van der Waals surface area contributed by atoms with Crippen LogP contribution in [0.4, 0.5) is 10.1 Å². The van der Waals surface area contributed by atoms with Gasteiger partial charge in [-0.2, -0.15) is 0 Å². The van der Waals surface area contributed by atoms with Crippen LogP contribution in [0.5, 0.6) is 0 Å². The van der Waals surface area contributed by atoms with E-state index in [4.69, 9.17) is 10.8 Å². The molecule has 0 fully saturated rings. The lowest BCUT2D eigenvalue weighted by Gasteiger charge is -2.23. The molecule has 0 spiro atoms. The number of hydrogen-bond acceptors (Lipinski definition) is 3. The molecule has 3 nitrogen and oxygen atoms in total. The van der Waals surface area contributed by atoms with Gasteiger partial charge in [-0.1, -0.05) is 6.07 Å². The van der Waals surface area contributed by atoms with E-state index in [9.17, 15) is 4.39 Å². The van der Waals surface area contributed by atoms with Crippen molar-refractivity contribution >= 4 is 5.69 Å². The second-order valence-corrected chi connectivity index (χ2v) is 3.61. The molecule has 0 aliphatic rings. The van der Waals surface area contributed by atoms with E-state index in [1.165, 1.54) is 6.07 Å². The summed E-state index contributed by atoms with van der Waals surface area (Å²) < 4.78 is 13.5. The summed E-state index contributed by atoms with van der Waals surface area (Å²) in [5, 5.41) is 8.83. The molecule has 84 valence electrons. The molecule has 0 aromatic heterocycles. The van der Waals surface area contributed by atoms with Crippen molar-refractivity contribution in [2.24, 2.45) is 5.73 Å². The molecule has 15 heavy (non-hydrogen) atoms. The summed E-state index contributed by atoms with van der Waals surface area (Å²) in [5.41, 5.74) is 6.95. The van der Waals surface area contributed by atoms with E-state index in [0.29, 0.717) is 12.1 Å². The van der Waals surface area contributed by atoms with E-state index in [2.05, 4.69) is 0 Å². The first-order valence-corrected chi connectivity index (χ1v) is 4.94. The van der Waals surface area contributed by atoms with Gasteiger partial charge in [0.15, 0.2) is 0 Å². The van der Waals surface area contributed by atoms with Crippen molar-refractivity contribution in [3.63, 3.8) is 0 Å². The molecule has 0 saturated heterocycles. The van der Waals surface area contributed by atoms with Gasteiger partial charge in [-0.05, 0) is 19.1 Å². The zero-order chi connectivity index (χ0) is 11.4. The molecule has 1 rings (SSSR count). The number of nitrogens with two attached hydrogens (primary N) is 1. The highest BCUT2D eigenvalue weighted by molar-refractivity contribution is 5.54. The van der Waals surface area contributed by atoms with Crippen molar-refractivity contribution in [1.29, 1.82) is 0 Å². The molecular weight excluding hydrogens is 195 g/mol. The first-order chi connectivity index (χ1) is 7.07. The van der Waals surface area contributed by atoms with Crippen LogP contribution in [0.3, 0.4) is 0 Å². The predicted molar refractivity (Wildman–Crippen MR) is 59.4 cm³/mol. The van der Waals surface area contributed by atoms with Gasteiger partial charge in [0.1, 0.15) is 5.82 Å². The summed E-state index contributed by atoms with van der Waals surface area (Å²) in [5.74, 6) is -0.299. The van der Waals surface area contributed by atoms with E-state index in [1.807, 2.05) is 0 Å². The lowest BCUT2D eigenvalue weighted by Crippen LogP contribution is -2.24. The quantitative estimate of drug-likeness (QED) is 0.790. The molecule has 0 amide bonds. The highest BCUT2D eigenvalue weighted by Gasteiger charge is 2.14. The van der Waals surface area contributed by atoms with Gasteiger partial charge in [0.05, 0.1) is 6.61 Å². The highest BCUT2D eigenvalue weighted by Crippen LogP contribution is 2.26. The number of likely N-dealkylation sites (N-methyl/N-ethyl adjacent to an activating group) is 1. The third kappa shape index (κ3) is 2.67.